The van der Waals surface area contributed by atoms with E-state index in [0.29, 0.717) is 11.3 Å². The molecule has 1 amide bonds. The molecule has 1 aliphatic heterocycles. The number of Topliss-reactive ketones (excluding diaryl/α,β-unsaturated/α-hetero) is 1. The molecule has 3 rings (SSSR count). The first kappa shape index (κ1) is 17.4. The number of ketones is 1. The maximum Gasteiger partial charge on any atom is 0.351 e. The van der Waals surface area contributed by atoms with Gasteiger partial charge in [-0.05, 0) is 6.07 Å². The number of nitrogens with one attached hydrogen (secondary N) is 1. The van der Waals surface area contributed by atoms with Crippen molar-refractivity contribution in [2.75, 3.05) is 11.1 Å². The first-order valence-corrected chi connectivity index (χ1v) is 8.80. The van der Waals surface area contributed by atoms with Crippen molar-refractivity contribution in [3.63, 3.8) is 0 Å². The monoisotopic (exact) mass is 359 g/mol. The van der Waals surface area contributed by atoms with Crippen LogP contribution in [0.2, 0.25) is 0 Å². The minimum absolute atomic E-state index is 0.00484. The van der Waals surface area contributed by atoms with E-state index in [0.717, 1.165) is 0 Å². The predicted molar refractivity (Wildman–Crippen MR) is 94.6 cm³/mol. The van der Waals surface area contributed by atoms with Crippen LogP contribution in [0.1, 0.15) is 29.9 Å². The van der Waals surface area contributed by atoms with E-state index in [2.05, 4.69) is 10.3 Å². The van der Waals surface area contributed by atoms with E-state index in [4.69, 9.17) is 4.74 Å². The van der Waals surface area contributed by atoms with Crippen LogP contribution in [0.15, 0.2) is 47.4 Å². The molecule has 25 heavy (non-hydrogen) atoms. The first-order chi connectivity index (χ1) is 12.0. The Balaban J connectivity index is 1.64. The Kier molecular flexibility index (Phi) is 5.30. The summed E-state index contributed by atoms with van der Waals surface area (Å²) in [5.41, 5.74) is -0.167. The number of anilines is 1. The van der Waals surface area contributed by atoms with Crippen molar-refractivity contribution in [1.82, 2.24) is 9.55 Å². The molecule has 130 valence electrons. The quantitative estimate of drug-likeness (QED) is 0.822. The maximum atomic E-state index is 12.2. The van der Waals surface area contributed by atoms with Gasteiger partial charge in [0, 0.05) is 30.9 Å². The lowest BCUT2D eigenvalue weighted by Gasteiger charge is -2.14. The molecule has 0 unspecified atom stereocenters. The molecule has 0 radical (unpaired) electrons. The fourth-order valence-corrected chi connectivity index (χ4v) is 3.57. The van der Waals surface area contributed by atoms with Crippen LogP contribution in [0.5, 0.6) is 0 Å². The normalized spacial score (nSPS) is 19.6. The van der Waals surface area contributed by atoms with Crippen LogP contribution >= 0.6 is 11.8 Å². The third kappa shape index (κ3) is 4.34. The highest BCUT2D eigenvalue weighted by Crippen LogP contribution is 2.33. The van der Waals surface area contributed by atoms with Gasteiger partial charge in [-0.15, -0.1) is 11.8 Å². The molecule has 1 fully saturated rings. The van der Waals surface area contributed by atoms with Crippen LogP contribution in [-0.2, 0) is 9.53 Å². The van der Waals surface area contributed by atoms with Gasteiger partial charge < -0.3 is 10.1 Å². The summed E-state index contributed by atoms with van der Waals surface area (Å²) in [6.07, 6.45) is 1.30. The van der Waals surface area contributed by atoms with Crippen molar-refractivity contribution >= 4 is 29.3 Å². The van der Waals surface area contributed by atoms with Gasteiger partial charge in [-0.1, -0.05) is 30.3 Å². The van der Waals surface area contributed by atoms with Gasteiger partial charge in [0.25, 0.3) is 0 Å². The molecule has 1 aromatic carbocycles. The van der Waals surface area contributed by atoms with Gasteiger partial charge in [-0.2, -0.15) is 4.98 Å². The maximum absolute atomic E-state index is 12.2. The molecule has 0 saturated carbocycles. The minimum Gasteiger partial charge on any atom is -0.343 e. The number of hydrogen-bond acceptors (Lipinski definition) is 6. The van der Waals surface area contributed by atoms with E-state index in [9.17, 15) is 14.4 Å². The minimum atomic E-state index is -0.508. The van der Waals surface area contributed by atoms with Gasteiger partial charge in [0.05, 0.1) is 0 Å². The van der Waals surface area contributed by atoms with E-state index >= 15 is 0 Å². The van der Waals surface area contributed by atoms with Crippen LogP contribution in [0.3, 0.4) is 0 Å². The third-order valence-corrected chi connectivity index (χ3v) is 4.75. The molecule has 8 heteroatoms. The molecular weight excluding hydrogens is 342 g/mol. The molecule has 2 atom stereocenters. The van der Waals surface area contributed by atoms with E-state index in [1.54, 1.807) is 18.2 Å². The van der Waals surface area contributed by atoms with Crippen molar-refractivity contribution in [2.24, 2.45) is 0 Å². The Labute approximate surface area is 148 Å². The highest BCUT2D eigenvalue weighted by atomic mass is 32.2. The molecule has 1 aliphatic rings. The predicted octanol–water partition coefficient (Wildman–Crippen LogP) is 2.06. The van der Waals surface area contributed by atoms with Crippen molar-refractivity contribution < 1.29 is 14.3 Å². The van der Waals surface area contributed by atoms with Crippen molar-refractivity contribution in [3.05, 3.63) is 58.6 Å². The van der Waals surface area contributed by atoms with E-state index < -0.39 is 11.9 Å². The van der Waals surface area contributed by atoms with E-state index in [1.165, 1.54) is 29.4 Å². The molecule has 7 nitrogen and oxygen atoms in total. The molecule has 2 aromatic rings. The fraction of sp³-hybridized carbons (Fsp3) is 0.294. The van der Waals surface area contributed by atoms with Crippen LogP contribution < -0.4 is 11.0 Å². The number of aromatic nitrogens is 2. The van der Waals surface area contributed by atoms with Gasteiger partial charge >= 0.3 is 5.69 Å². The summed E-state index contributed by atoms with van der Waals surface area (Å²) in [5, 5.41) is 2.46. The lowest BCUT2D eigenvalue weighted by molar-refractivity contribution is -0.114. The summed E-state index contributed by atoms with van der Waals surface area (Å²) in [7, 11) is 0. The Morgan fingerprint density at radius 2 is 2.08 bits per heavy atom. The summed E-state index contributed by atoms with van der Waals surface area (Å²) >= 11 is 1.49. The number of carbonyl (C=O) groups excluding carboxylic acids is 2. The molecule has 0 aliphatic carbocycles. The zero-order valence-corrected chi connectivity index (χ0v) is 14.4. The van der Waals surface area contributed by atoms with Gasteiger partial charge in [0.2, 0.25) is 5.91 Å². The van der Waals surface area contributed by atoms with Crippen molar-refractivity contribution in [3.8, 4) is 0 Å². The summed E-state index contributed by atoms with van der Waals surface area (Å²) in [5.74, 6) is 0.464. The molecule has 1 N–H and O–H groups in total. The smallest absolute Gasteiger partial charge is 0.343 e. The standard InChI is InChI=1S/C17H17N3O4S/c1-11(21)18-14-7-8-20(17(23)19-14)15-10-25-16(24-15)9-13(22)12-5-3-2-4-6-12/h2-8,15-16H,9-10H2,1H3,(H,18,19,21,23)/t15-,16-/m0/s1. The molecule has 1 aromatic heterocycles. The van der Waals surface area contributed by atoms with Crippen LogP contribution in [0.25, 0.3) is 0 Å². The van der Waals surface area contributed by atoms with E-state index in [1.807, 2.05) is 18.2 Å². The number of thioether (sulfide) groups is 1. The Hall–Kier alpha value is -2.45. The van der Waals surface area contributed by atoms with Crippen LogP contribution in [-0.4, -0.2) is 32.4 Å². The topological polar surface area (TPSA) is 90.3 Å². The molecule has 1 saturated heterocycles. The average Bonchev–Trinajstić information content (AvgIpc) is 3.03. The number of hydrogen-bond donors (Lipinski definition) is 1. The Bertz CT molecular complexity index is 837. The van der Waals surface area contributed by atoms with E-state index in [-0.39, 0.29) is 29.4 Å². The SMILES string of the molecule is CC(=O)Nc1ccn([C@@H]2CS[C@@H](CC(=O)c3ccccc3)O2)c(=O)n1. The Morgan fingerprint density at radius 1 is 1.32 bits per heavy atom. The summed E-state index contributed by atoms with van der Waals surface area (Å²) in [6, 6.07) is 10.6. The summed E-state index contributed by atoms with van der Waals surface area (Å²) in [6.45, 7) is 1.35. The summed E-state index contributed by atoms with van der Waals surface area (Å²) < 4.78 is 7.19. The second-order valence-corrected chi connectivity index (χ2v) is 6.72. The number of amides is 1. The largest absolute Gasteiger partial charge is 0.351 e. The number of carbonyl (C=O) groups is 2. The lowest BCUT2D eigenvalue weighted by atomic mass is 10.1. The van der Waals surface area contributed by atoms with Gasteiger partial charge in [0.15, 0.2) is 5.78 Å². The number of nitrogens with zero attached hydrogens (tertiary/aromatic N) is 2. The summed E-state index contributed by atoms with van der Waals surface area (Å²) in [4.78, 5) is 39.2. The second kappa shape index (κ2) is 7.62. The molecule has 2 heterocycles. The third-order valence-electron chi connectivity index (χ3n) is 3.63. The molecular formula is C17H17N3O4S. The molecule has 0 bridgehead atoms. The second-order valence-electron chi connectivity index (χ2n) is 5.53. The lowest BCUT2D eigenvalue weighted by Crippen LogP contribution is -2.29. The number of ether oxygens (including phenoxy) is 1. The Morgan fingerprint density at radius 3 is 2.76 bits per heavy atom. The number of benzene rings is 1. The fourth-order valence-electron chi connectivity index (χ4n) is 2.47. The van der Waals surface area contributed by atoms with Crippen molar-refractivity contribution in [1.29, 1.82) is 0 Å². The zero-order valence-electron chi connectivity index (χ0n) is 13.5. The number of rotatable bonds is 5. The van der Waals surface area contributed by atoms with Gasteiger partial charge in [-0.25, -0.2) is 4.79 Å². The van der Waals surface area contributed by atoms with Crippen molar-refractivity contribution in [2.45, 2.75) is 25.0 Å². The van der Waals surface area contributed by atoms with Gasteiger partial charge in [-0.3, -0.25) is 14.2 Å². The molecule has 0 spiro atoms. The van der Waals surface area contributed by atoms with Gasteiger partial charge in [0.1, 0.15) is 17.5 Å². The zero-order chi connectivity index (χ0) is 17.8. The average molecular weight is 359 g/mol. The highest BCUT2D eigenvalue weighted by Gasteiger charge is 2.29. The first-order valence-electron chi connectivity index (χ1n) is 7.75. The van der Waals surface area contributed by atoms with Crippen LogP contribution in [0.4, 0.5) is 5.82 Å². The van der Waals surface area contributed by atoms with Crippen LogP contribution in [0, 0.1) is 0 Å². The highest BCUT2D eigenvalue weighted by molar-refractivity contribution is 8.00.